The Labute approximate surface area is 108 Å². The van der Waals surface area contributed by atoms with Gasteiger partial charge in [0.1, 0.15) is 0 Å². The zero-order chi connectivity index (χ0) is 13.0. The Kier molecular flexibility index (Phi) is 4.37. The molecule has 1 saturated heterocycles. The van der Waals surface area contributed by atoms with Crippen LogP contribution in [0.25, 0.3) is 0 Å². The Bertz CT molecular complexity index is 363. The molecule has 5 nitrogen and oxygen atoms in total. The molecule has 102 valence electrons. The number of nitrogens with zero attached hydrogens (tertiary/aromatic N) is 1. The number of β-amino-alcohol motifs (C(OH)–C–C–N with tert-alkyl or cyclic N) is 1. The lowest BCUT2D eigenvalue weighted by molar-refractivity contribution is 0.0613. The second-order valence-electron chi connectivity index (χ2n) is 5.34. The smallest absolute Gasteiger partial charge is 0.0907 e. The van der Waals surface area contributed by atoms with Crippen LogP contribution in [0.3, 0.4) is 0 Å². The minimum Gasteiger partial charge on any atom is -0.387 e. The standard InChI is InChI=1S/C13H24N4O/c1-10-12(11(2)17-16-10)4-3-6-14-8-13(18)5-7-15-9-13/h14-15,18H,3-9H2,1-2H3,(H,16,17)/t13-/m1/s1. The summed E-state index contributed by atoms with van der Waals surface area (Å²) in [5.74, 6) is 0. The van der Waals surface area contributed by atoms with Gasteiger partial charge < -0.3 is 15.7 Å². The number of aryl methyl sites for hydroxylation is 2. The van der Waals surface area contributed by atoms with Crippen LogP contribution in [-0.2, 0) is 6.42 Å². The van der Waals surface area contributed by atoms with Crippen LogP contribution in [0.1, 0.15) is 29.8 Å². The number of aliphatic hydroxyl groups is 1. The van der Waals surface area contributed by atoms with Crippen molar-refractivity contribution in [3.05, 3.63) is 17.0 Å². The first-order chi connectivity index (χ1) is 8.61. The van der Waals surface area contributed by atoms with E-state index in [0.717, 1.165) is 38.0 Å². The molecule has 0 amide bonds. The topological polar surface area (TPSA) is 73.0 Å². The molecule has 1 aromatic rings. The average Bonchev–Trinajstić information content (AvgIpc) is 2.89. The van der Waals surface area contributed by atoms with Crippen LogP contribution >= 0.6 is 0 Å². The molecule has 1 aromatic heterocycles. The maximum absolute atomic E-state index is 10.1. The van der Waals surface area contributed by atoms with Gasteiger partial charge in [0.25, 0.3) is 0 Å². The highest BCUT2D eigenvalue weighted by Crippen LogP contribution is 2.13. The van der Waals surface area contributed by atoms with E-state index >= 15 is 0 Å². The first-order valence-electron chi connectivity index (χ1n) is 6.75. The quantitative estimate of drug-likeness (QED) is 0.549. The van der Waals surface area contributed by atoms with Crippen molar-refractivity contribution in [2.75, 3.05) is 26.2 Å². The summed E-state index contributed by atoms with van der Waals surface area (Å²) in [7, 11) is 0. The summed E-state index contributed by atoms with van der Waals surface area (Å²) in [6.07, 6.45) is 2.96. The Morgan fingerprint density at radius 2 is 2.28 bits per heavy atom. The van der Waals surface area contributed by atoms with Gasteiger partial charge in [0.2, 0.25) is 0 Å². The van der Waals surface area contributed by atoms with Crippen molar-refractivity contribution < 1.29 is 5.11 Å². The molecule has 0 aliphatic carbocycles. The van der Waals surface area contributed by atoms with Gasteiger partial charge in [0.05, 0.1) is 11.3 Å². The van der Waals surface area contributed by atoms with Crippen molar-refractivity contribution in [2.24, 2.45) is 0 Å². The van der Waals surface area contributed by atoms with Crippen LogP contribution < -0.4 is 10.6 Å². The minimum absolute atomic E-state index is 0.540. The molecule has 0 bridgehead atoms. The van der Waals surface area contributed by atoms with Crippen molar-refractivity contribution in [2.45, 2.75) is 38.7 Å². The summed E-state index contributed by atoms with van der Waals surface area (Å²) in [5, 5.41) is 23.9. The molecule has 4 N–H and O–H groups in total. The van der Waals surface area contributed by atoms with E-state index in [4.69, 9.17) is 0 Å². The Hall–Kier alpha value is -0.910. The van der Waals surface area contributed by atoms with Crippen LogP contribution in [-0.4, -0.2) is 47.1 Å². The molecule has 1 atom stereocenters. The van der Waals surface area contributed by atoms with E-state index in [1.807, 2.05) is 6.92 Å². The number of nitrogens with one attached hydrogen (secondary N) is 3. The van der Waals surface area contributed by atoms with Crippen LogP contribution in [0.4, 0.5) is 0 Å². The molecule has 5 heteroatoms. The second kappa shape index (κ2) is 5.82. The fourth-order valence-corrected chi connectivity index (χ4v) is 2.54. The summed E-state index contributed by atoms with van der Waals surface area (Å²) in [5.41, 5.74) is 3.07. The van der Waals surface area contributed by atoms with E-state index in [1.54, 1.807) is 0 Å². The molecule has 18 heavy (non-hydrogen) atoms. The van der Waals surface area contributed by atoms with Gasteiger partial charge in [-0.25, -0.2) is 0 Å². The summed E-state index contributed by atoms with van der Waals surface area (Å²) < 4.78 is 0. The van der Waals surface area contributed by atoms with E-state index in [-0.39, 0.29) is 0 Å². The molecule has 0 saturated carbocycles. The fourth-order valence-electron chi connectivity index (χ4n) is 2.54. The third-order valence-corrected chi connectivity index (χ3v) is 3.74. The van der Waals surface area contributed by atoms with Gasteiger partial charge in [-0.2, -0.15) is 5.10 Å². The normalized spacial score (nSPS) is 23.7. The summed E-state index contributed by atoms with van der Waals surface area (Å²) in [6, 6.07) is 0. The molecular weight excluding hydrogens is 228 g/mol. The molecule has 0 spiro atoms. The highest BCUT2D eigenvalue weighted by Gasteiger charge is 2.30. The van der Waals surface area contributed by atoms with Crippen LogP contribution in [0.2, 0.25) is 0 Å². The van der Waals surface area contributed by atoms with Gasteiger partial charge in [0, 0.05) is 18.8 Å². The van der Waals surface area contributed by atoms with Crippen molar-refractivity contribution >= 4 is 0 Å². The summed E-state index contributed by atoms with van der Waals surface area (Å²) in [4.78, 5) is 0. The van der Waals surface area contributed by atoms with E-state index in [2.05, 4.69) is 27.8 Å². The van der Waals surface area contributed by atoms with Crippen LogP contribution in [0.15, 0.2) is 0 Å². The average molecular weight is 252 g/mol. The van der Waals surface area contributed by atoms with Gasteiger partial charge in [-0.05, 0) is 51.8 Å². The van der Waals surface area contributed by atoms with Gasteiger partial charge >= 0.3 is 0 Å². The first-order valence-corrected chi connectivity index (χ1v) is 6.75. The number of hydrogen-bond acceptors (Lipinski definition) is 4. The minimum atomic E-state index is -0.540. The second-order valence-corrected chi connectivity index (χ2v) is 5.34. The summed E-state index contributed by atoms with van der Waals surface area (Å²) >= 11 is 0. The van der Waals surface area contributed by atoms with Crippen molar-refractivity contribution in [1.29, 1.82) is 0 Å². The fraction of sp³-hybridized carbons (Fsp3) is 0.769. The van der Waals surface area contributed by atoms with Gasteiger partial charge in [-0.15, -0.1) is 0 Å². The maximum atomic E-state index is 10.1. The highest BCUT2D eigenvalue weighted by molar-refractivity contribution is 5.23. The molecule has 1 aliphatic rings. The Balaban J connectivity index is 1.64. The monoisotopic (exact) mass is 252 g/mol. The Morgan fingerprint density at radius 1 is 1.44 bits per heavy atom. The molecule has 0 radical (unpaired) electrons. The largest absolute Gasteiger partial charge is 0.387 e. The van der Waals surface area contributed by atoms with Crippen molar-refractivity contribution in [1.82, 2.24) is 20.8 Å². The molecule has 2 rings (SSSR count). The van der Waals surface area contributed by atoms with E-state index in [1.165, 1.54) is 11.3 Å². The van der Waals surface area contributed by atoms with Gasteiger partial charge in [-0.1, -0.05) is 0 Å². The number of aromatic amines is 1. The van der Waals surface area contributed by atoms with Crippen LogP contribution in [0, 0.1) is 13.8 Å². The lowest BCUT2D eigenvalue weighted by Gasteiger charge is -2.21. The van der Waals surface area contributed by atoms with E-state index in [9.17, 15) is 5.11 Å². The molecule has 2 heterocycles. The summed E-state index contributed by atoms with van der Waals surface area (Å²) in [6.45, 7) is 7.36. The number of H-pyrrole nitrogens is 1. The van der Waals surface area contributed by atoms with E-state index in [0.29, 0.717) is 13.1 Å². The predicted molar refractivity (Wildman–Crippen MR) is 71.7 cm³/mol. The van der Waals surface area contributed by atoms with E-state index < -0.39 is 5.60 Å². The number of rotatable bonds is 6. The maximum Gasteiger partial charge on any atom is 0.0907 e. The van der Waals surface area contributed by atoms with Gasteiger partial charge in [-0.3, -0.25) is 5.10 Å². The Morgan fingerprint density at radius 3 is 2.89 bits per heavy atom. The number of hydrogen-bond donors (Lipinski definition) is 4. The molecular formula is C13H24N4O. The third-order valence-electron chi connectivity index (χ3n) is 3.74. The third kappa shape index (κ3) is 3.31. The highest BCUT2D eigenvalue weighted by atomic mass is 16.3. The van der Waals surface area contributed by atoms with Crippen molar-refractivity contribution in [3.63, 3.8) is 0 Å². The van der Waals surface area contributed by atoms with Crippen LogP contribution in [0.5, 0.6) is 0 Å². The zero-order valence-corrected chi connectivity index (χ0v) is 11.3. The lowest BCUT2D eigenvalue weighted by Crippen LogP contribution is -2.42. The zero-order valence-electron chi connectivity index (χ0n) is 11.3. The molecule has 1 aliphatic heterocycles. The molecule has 1 fully saturated rings. The van der Waals surface area contributed by atoms with Gasteiger partial charge in [0.15, 0.2) is 0 Å². The molecule has 0 aromatic carbocycles. The SMILES string of the molecule is Cc1n[nH]c(C)c1CCCNC[C@]1(O)CCNC1. The first kappa shape index (κ1) is 13.5. The number of aromatic nitrogens is 2. The predicted octanol–water partition coefficient (Wildman–Crippen LogP) is 0.273. The lowest BCUT2D eigenvalue weighted by atomic mass is 10.0. The molecule has 0 unspecified atom stereocenters. The van der Waals surface area contributed by atoms with Crippen molar-refractivity contribution in [3.8, 4) is 0 Å².